The van der Waals surface area contributed by atoms with Crippen LogP contribution in [-0.4, -0.2) is 19.9 Å². The normalized spacial score (nSPS) is 9.67. The van der Waals surface area contributed by atoms with Crippen LogP contribution < -0.4 is 40.8 Å². The first kappa shape index (κ1) is 9.24. The van der Waals surface area contributed by atoms with Crippen LogP contribution in [0.4, 0.5) is 0 Å². The molecule has 0 aliphatic heterocycles. The summed E-state index contributed by atoms with van der Waals surface area (Å²) < 4.78 is 0. The van der Waals surface area contributed by atoms with Gasteiger partial charge < -0.3 is 4.98 Å². The Bertz CT molecular complexity index is 496. The summed E-state index contributed by atoms with van der Waals surface area (Å²) >= 11 is 0. The Morgan fingerprint density at radius 3 is 2.75 bits per heavy atom. The Hall–Kier alpha value is -0.850. The number of hydrogen-bond donors (Lipinski definition) is 3. The van der Waals surface area contributed by atoms with E-state index in [0.29, 0.717) is 0 Å². The number of hydrogen-bond acceptors (Lipinski definition) is 3. The van der Waals surface area contributed by atoms with Gasteiger partial charge in [0.05, 0.1) is 6.33 Å². The number of imidazole rings is 1. The number of nitrogens with zero attached hydrogens (tertiary/aromatic N) is 1. The molecule has 2 aromatic rings. The van der Waals surface area contributed by atoms with Crippen molar-refractivity contribution in [1.29, 1.82) is 0 Å². The minimum atomic E-state index is -0.547. The van der Waals surface area contributed by atoms with Crippen LogP contribution in [0.2, 0.25) is 0 Å². The van der Waals surface area contributed by atoms with E-state index >= 15 is 0 Å². The summed E-state index contributed by atoms with van der Waals surface area (Å²) in [5, 5.41) is 0. The van der Waals surface area contributed by atoms with Crippen molar-refractivity contribution in [3.63, 3.8) is 0 Å². The minimum absolute atomic E-state index is 0. The molecule has 6 nitrogen and oxygen atoms in total. The summed E-state index contributed by atoms with van der Waals surface area (Å²) in [5.41, 5.74) is -0.445. The van der Waals surface area contributed by atoms with Crippen LogP contribution in [0.15, 0.2) is 15.9 Å². The quantitative estimate of drug-likeness (QED) is 0.355. The monoisotopic (exact) mass is 175 g/mol. The maximum atomic E-state index is 10.9. The van der Waals surface area contributed by atoms with Gasteiger partial charge in [-0.2, -0.15) is 0 Å². The summed E-state index contributed by atoms with van der Waals surface area (Å²) in [6, 6.07) is 0. The van der Waals surface area contributed by atoms with Crippen molar-refractivity contribution in [2.24, 2.45) is 0 Å². The zero-order chi connectivity index (χ0) is 7.84. The second-order valence-electron chi connectivity index (χ2n) is 2.03. The molecule has 7 heteroatoms. The minimum Gasteiger partial charge on any atom is -0.339 e. The number of aromatic nitrogens is 4. The molecule has 0 radical (unpaired) electrons. The van der Waals surface area contributed by atoms with Crippen molar-refractivity contribution in [3.8, 4) is 0 Å². The van der Waals surface area contributed by atoms with E-state index in [2.05, 4.69) is 19.9 Å². The molecule has 0 fully saturated rings. The smallest absolute Gasteiger partial charge is 0.339 e. The predicted molar refractivity (Wildman–Crippen MR) is 37.3 cm³/mol. The fraction of sp³-hybridized carbons (Fsp3) is 0. The van der Waals surface area contributed by atoms with E-state index in [1.165, 1.54) is 6.33 Å². The molecule has 0 aromatic carbocycles. The Balaban J connectivity index is 0.000000720. The predicted octanol–water partition coefficient (Wildman–Crippen LogP) is -4.06. The zero-order valence-corrected chi connectivity index (χ0v) is 8.34. The molecule has 0 spiro atoms. The molecular weight excluding hydrogens is 171 g/mol. The SMILES string of the molecule is O=c1[nH]c(=O)c2[nH]cnc2[nH]1.[Na+]. The molecule has 0 atom stereocenters. The second kappa shape index (κ2) is 3.26. The standard InChI is InChI=1S/C5H4N4O2.Na/c10-4-2-3(7-1-6-2)8-5(11)9-4;/h1H,(H3,6,7,8,9,10,11);/q;+1. The number of nitrogens with one attached hydrogen (secondary N) is 3. The largest absolute Gasteiger partial charge is 1.00 e. The van der Waals surface area contributed by atoms with Crippen LogP contribution in [0.25, 0.3) is 11.2 Å². The number of H-pyrrole nitrogens is 3. The Kier molecular flexibility index (Phi) is 2.51. The number of aromatic amines is 3. The molecule has 2 heterocycles. The van der Waals surface area contributed by atoms with Crippen LogP contribution in [0.1, 0.15) is 0 Å². The van der Waals surface area contributed by atoms with E-state index in [1.807, 2.05) is 0 Å². The Morgan fingerprint density at radius 1 is 1.25 bits per heavy atom. The molecule has 2 rings (SSSR count). The van der Waals surface area contributed by atoms with Crippen molar-refractivity contribution in [1.82, 2.24) is 19.9 Å². The fourth-order valence-electron chi connectivity index (χ4n) is 0.867. The van der Waals surface area contributed by atoms with Crippen LogP contribution in [0.5, 0.6) is 0 Å². The van der Waals surface area contributed by atoms with E-state index < -0.39 is 11.2 Å². The van der Waals surface area contributed by atoms with Crippen molar-refractivity contribution in [3.05, 3.63) is 27.2 Å². The molecule has 0 amide bonds. The Morgan fingerprint density at radius 2 is 2.00 bits per heavy atom. The van der Waals surface area contributed by atoms with Gasteiger partial charge in [0.25, 0.3) is 5.56 Å². The van der Waals surface area contributed by atoms with Gasteiger partial charge in [0.15, 0.2) is 5.65 Å². The van der Waals surface area contributed by atoms with Crippen molar-refractivity contribution < 1.29 is 29.6 Å². The van der Waals surface area contributed by atoms with Crippen molar-refractivity contribution >= 4 is 11.2 Å². The second-order valence-corrected chi connectivity index (χ2v) is 2.03. The van der Waals surface area contributed by atoms with Crippen LogP contribution in [-0.2, 0) is 0 Å². The molecule has 0 aliphatic carbocycles. The van der Waals surface area contributed by atoms with Gasteiger partial charge in [0, 0.05) is 0 Å². The molecule has 12 heavy (non-hydrogen) atoms. The summed E-state index contributed by atoms with van der Waals surface area (Å²) in [4.78, 5) is 32.3. The van der Waals surface area contributed by atoms with Gasteiger partial charge >= 0.3 is 35.2 Å². The Labute approximate surface area is 87.7 Å². The summed E-state index contributed by atoms with van der Waals surface area (Å²) in [6.45, 7) is 0. The average Bonchev–Trinajstić information content (AvgIpc) is 2.34. The van der Waals surface area contributed by atoms with Crippen molar-refractivity contribution in [2.45, 2.75) is 0 Å². The van der Waals surface area contributed by atoms with Crippen LogP contribution >= 0.6 is 0 Å². The number of rotatable bonds is 0. The maximum absolute atomic E-state index is 10.9. The van der Waals surface area contributed by atoms with E-state index in [-0.39, 0.29) is 40.7 Å². The molecule has 0 aliphatic rings. The molecular formula is C5H4N4NaO2+. The van der Waals surface area contributed by atoms with Gasteiger partial charge in [-0.3, -0.25) is 14.8 Å². The van der Waals surface area contributed by atoms with Gasteiger partial charge in [-0.1, -0.05) is 0 Å². The van der Waals surface area contributed by atoms with Gasteiger partial charge in [-0.15, -0.1) is 0 Å². The van der Waals surface area contributed by atoms with Gasteiger partial charge in [-0.05, 0) is 0 Å². The third-order valence-corrected chi connectivity index (χ3v) is 1.33. The molecule has 0 bridgehead atoms. The maximum Gasteiger partial charge on any atom is 1.00 e. The zero-order valence-electron chi connectivity index (χ0n) is 6.34. The van der Waals surface area contributed by atoms with Crippen LogP contribution in [0.3, 0.4) is 0 Å². The molecule has 0 unspecified atom stereocenters. The van der Waals surface area contributed by atoms with E-state index in [1.54, 1.807) is 0 Å². The van der Waals surface area contributed by atoms with Gasteiger partial charge in [-0.25, -0.2) is 9.78 Å². The van der Waals surface area contributed by atoms with Gasteiger partial charge in [0.1, 0.15) is 5.52 Å². The van der Waals surface area contributed by atoms with Crippen LogP contribution in [0, 0.1) is 0 Å². The topological polar surface area (TPSA) is 94.4 Å². The summed E-state index contributed by atoms with van der Waals surface area (Å²) in [6.07, 6.45) is 1.34. The first-order valence-electron chi connectivity index (χ1n) is 2.93. The van der Waals surface area contributed by atoms with E-state index in [0.717, 1.165) is 0 Å². The summed E-state index contributed by atoms with van der Waals surface area (Å²) in [7, 11) is 0. The molecule has 0 saturated heterocycles. The van der Waals surface area contributed by atoms with Gasteiger partial charge in [0.2, 0.25) is 0 Å². The fourth-order valence-corrected chi connectivity index (χ4v) is 0.867. The van der Waals surface area contributed by atoms with E-state index in [4.69, 9.17) is 0 Å². The molecule has 56 valence electrons. The first-order chi connectivity index (χ1) is 5.27. The molecule has 3 N–H and O–H groups in total. The molecule has 2 aromatic heterocycles. The van der Waals surface area contributed by atoms with E-state index in [9.17, 15) is 9.59 Å². The summed E-state index contributed by atoms with van der Waals surface area (Å²) in [5.74, 6) is 0. The van der Waals surface area contributed by atoms with Crippen molar-refractivity contribution in [2.75, 3.05) is 0 Å². The molecule has 0 saturated carbocycles. The average molecular weight is 175 g/mol. The third-order valence-electron chi connectivity index (χ3n) is 1.33. The third kappa shape index (κ3) is 1.36. The number of fused-ring (bicyclic) bond motifs is 1. The first-order valence-corrected chi connectivity index (χ1v) is 2.93.